The van der Waals surface area contributed by atoms with E-state index in [-0.39, 0.29) is 19.8 Å². The molecule has 1 heterocycles. The summed E-state index contributed by atoms with van der Waals surface area (Å²) in [4.78, 5) is 0. The number of benzene rings is 3. The van der Waals surface area contributed by atoms with Crippen molar-refractivity contribution in [1.29, 1.82) is 0 Å². The maximum atomic E-state index is 11.0. The fraction of sp³-hybridized carbons (Fsp3) is 0.333. The van der Waals surface area contributed by atoms with Gasteiger partial charge in [0.1, 0.15) is 35.9 Å². The van der Waals surface area contributed by atoms with E-state index in [1.54, 1.807) is 31.4 Å². The molecule has 2 unspecified atom stereocenters. The number of rotatable bonds is 10. The molecule has 0 spiro atoms. The Bertz CT molecular complexity index is 981. The number of ether oxygens (including phenoxy) is 5. The molecule has 34 heavy (non-hydrogen) atoms. The van der Waals surface area contributed by atoms with Gasteiger partial charge in [0.05, 0.1) is 26.9 Å². The lowest BCUT2D eigenvalue weighted by Gasteiger charge is -2.43. The second kappa shape index (κ2) is 12.0. The molecule has 1 saturated heterocycles. The Hall–Kier alpha value is -2.94. The number of methoxy groups -OCH3 is 1. The summed E-state index contributed by atoms with van der Waals surface area (Å²) >= 11 is 0. The largest absolute Gasteiger partial charge is 0.497 e. The van der Waals surface area contributed by atoms with Crippen LogP contribution in [0.2, 0.25) is 0 Å². The Morgan fingerprint density at radius 1 is 0.735 bits per heavy atom. The second-order valence-electron chi connectivity index (χ2n) is 8.03. The number of hydrogen-bond donors (Lipinski definition) is 2. The average molecular weight is 467 g/mol. The first-order valence-electron chi connectivity index (χ1n) is 11.2. The van der Waals surface area contributed by atoms with Crippen molar-refractivity contribution in [3.63, 3.8) is 0 Å². The van der Waals surface area contributed by atoms with Crippen LogP contribution in [0.5, 0.6) is 11.5 Å². The van der Waals surface area contributed by atoms with Crippen LogP contribution in [-0.4, -0.2) is 54.6 Å². The molecular weight excluding hydrogens is 436 g/mol. The SMILES string of the molecule is COc1ccc(O[C@@H]2OC(CO)[C@H](O)[C@@H](OCc3ccccc3)C2OCc2ccccc2)cc1. The summed E-state index contributed by atoms with van der Waals surface area (Å²) in [5.74, 6) is 1.23. The van der Waals surface area contributed by atoms with Crippen LogP contribution in [0, 0.1) is 0 Å². The number of aliphatic hydroxyl groups is 2. The third-order valence-corrected chi connectivity index (χ3v) is 5.68. The molecule has 0 radical (unpaired) electrons. The molecule has 7 heteroatoms. The van der Waals surface area contributed by atoms with Gasteiger partial charge >= 0.3 is 0 Å². The van der Waals surface area contributed by atoms with Crippen molar-refractivity contribution in [2.75, 3.05) is 13.7 Å². The normalized spacial score (nSPS) is 24.5. The third-order valence-electron chi connectivity index (χ3n) is 5.68. The fourth-order valence-electron chi connectivity index (χ4n) is 3.83. The summed E-state index contributed by atoms with van der Waals surface area (Å²) in [5, 5.41) is 20.8. The molecule has 4 rings (SSSR count). The quantitative estimate of drug-likeness (QED) is 0.474. The standard InChI is InChI=1S/C27H30O7/c1-30-21-12-14-22(15-13-21)33-27-26(32-18-20-10-6-3-7-11-20)25(24(29)23(16-28)34-27)31-17-19-8-4-2-5-9-19/h2-15,23-29H,16-18H2,1H3/t23?,24-,25+,26?,27+/m0/s1. The van der Waals surface area contributed by atoms with Crippen LogP contribution in [0.25, 0.3) is 0 Å². The molecule has 180 valence electrons. The van der Waals surface area contributed by atoms with Gasteiger partial charge in [-0.1, -0.05) is 60.7 Å². The highest BCUT2D eigenvalue weighted by Crippen LogP contribution is 2.30. The van der Waals surface area contributed by atoms with Gasteiger partial charge in [-0.25, -0.2) is 0 Å². The van der Waals surface area contributed by atoms with Crippen molar-refractivity contribution in [1.82, 2.24) is 0 Å². The zero-order valence-electron chi connectivity index (χ0n) is 19.0. The summed E-state index contributed by atoms with van der Waals surface area (Å²) < 4.78 is 29.6. The van der Waals surface area contributed by atoms with E-state index in [4.69, 9.17) is 23.7 Å². The van der Waals surface area contributed by atoms with Crippen LogP contribution in [-0.2, 0) is 27.4 Å². The molecule has 0 bridgehead atoms. The highest BCUT2D eigenvalue weighted by atomic mass is 16.7. The Labute approximate surface area is 199 Å². The van der Waals surface area contributed by atoms with E-state index < -0.39 is 30.7 Å². The highest BCUT2D eigenvalue weighted by Gasteiger charge is 2.48. The lowest BCUT2D eigenvalue weighted by atomic mass is 9.98. The van der Waals surface area contributed by atoms with Gasteiger partial charge in [-0.05, 0) is 35.4 Å². The molecule has 0 saturated carbocycles. The van der Waals surface area contributed by atoms with Gasteiger partial charge in [0, 0.05) is 0 Å². The first-order valence-corrected chi connectivity index (χ1v) is 11.2. The van der Waals surface area contributed by atoms with Gasteiger partial charge in [0.15, 0.2) is 0 Å². The average Bonchev–Trinajstić information content (AvgIpc) is 2.89. The van der Waals surface area contributed by atoms with Crippen LogP contribution >= 0.6 is 0 Å². The number of hydrogen-bond acceptors (Lipinski definition) is 7. The lowest BCUT2D eigenvalue weighted by Crippen LogP contribution is -2.61. The second-order valence-corrected chi connectivity index (χ2v) is 8.03. The summed E-state index contributed by atoms with van der Waals surface area (Å²) in [7, 11) is 1.59. The zero-order chi connectivity index (χ0) is 23.8. The van der Waals surface area contributed by atoms with E-state index in [1.807, 2.05) is 60.7 Å². The van der Waals surface area contributed by atoms with Gasteiger partial charge in [0.2, 0.25) is 6.29 Å². The predicted molar refractivity (Wildman–Crippen MR) is 125 cm³/mol. The number of aliphatic hydroxyl groups excluding tert-OH is 2. The molecule has 1 aliphatic rings. The molecule has 0 amide bonds. The molecule has 7 nitrogen and oxygen atoms in total. The van der Waals surface area contributed by atoms with E-state index in [2.05, 4.69) is 0 Å². The summed E-state index contributed by atoms with van der Waals surface area (Å²) in [5.41, 5.74) is 1.92. The summed E-state index contributed by atoms with van der Waals surface area (Å²) in [6, 6.07) is 26.5. The Kier molecular flexibility index (Phi) is 8.51. The van der Waals surface area contributed by atoms with Crippen molar-refractivity contribution < 1.29 is 33.9 Å². The monoisotopic (exact) mass is 466 g/mol. The van der Waals surface area contributed by atoms with Crippen LogP contribution in [0.1, 0.15) is 11.1 Å². The molecule has 3 aromatic rings. The van der Waals surface area contributed by atoms with Gasteiger partial charge in [-0.3, -0.25) is 0 Å². The maximum Gasteiger partial charge on any atom is 0.229 e. The van der Waals surface area contributed by atoms with Crippen molar-refractivity contribution in [3.05, 3.63) is 96.1 Å². The van der Waals surface area contributed by atoms with Crippen molar-refractivity contribution in [2.24, 2.45) is 0 Å². The van der Waals surface area contributed by atoms with Crippen LogP contribution in [0.15, 0.2) is 84.9 Å². The van der Waals surface area contributed by atoms with Crippen molar-refractivity contribution >= 4 is 0 Å². The molecule has 3 aromatic carbocycles. The summed E-state index contributed by atoms with van der Waals surface area (Å²) in [6.07, 6.45) is -4.47. The van der Waals surface area contributed by atoms with E-state index in [9.17, 15) is 10.2 Å². The minimum Gasteiger partial charge on any atom is -0.497 e. The van der Waals surface area contributed by atoms with Crippen LogP contribution < -0.4 is 9.47 Å². The minimum absolute atomic E-state index is 0.265. The van der Waals surface area contributed by atoms with E-state index in [0.29, 0.717) is 11.5 Å². The molecule has 0 aromatic heterocycles. The van der Waals surface area contributed by atoms with Crippen LogP contribution in [0.3, 0.4) is 0 Å². The smallest absolute Gasteiger partial charge is 0.229 e. The minimum atomic E-state index is -1.11. The first kappa shape index (κ1) is 24.2. The maximum absolute atomic E-state index is 11.0. The lowest BCUT2D eigenvalue weighted by molar-refractivity contribution is -0.299. The molecule has 1 fully saturated rings. The topological polar surface area (TPSA) is 86.6 Å². The van der Waals surface area contributed by atoms with Crippen molar-refractivity contribution in [2.45, 2.75) is 43.9 Å². The fourth-order valence-corrected chi connectivity index (χ4v) is 3.83. The van der Waals surface area contributed by atoms with E-state index >= 15 is 0 Å². The Morgan fingerprint density at radius 3 is 1.79 bits per heavy atom. The molecule has 5 atom stereocenters. The van der Waals surface area contributed by atoms with Crippen molar-refractivity contribution in [3.8, 4) is 11.5 Å². The molecule has 0 aliphatic carbocycles. The molecule has 1 aliphatic heterocycles. The zero-order valence-corrected chi connectivity index (χ0v) is 19.0. The predicted octanol–water partition coefficient (Wildman–Crippen LogP) is 3.32. The van der Waals surface area contributed by atoms with Gasteiger partial charge < -0.3 is 33.9 Å². The van der Waals surface area contributed by atoms with E-state index in [1.165, 1.54) is 0 Å². The van der Waals surface area contributed by atoms with Gasteiger partial charge in [0.25, 0.3) is 0 Å². The van der Waals surface area contributed by atoms with Gasteiger partial charge in [-0.2, -0.15) is 0 Å². The third kappa shape index (κ3) is 6.14. The molecular formula is C27H30O7. The highest BCUT2D eigenvalue weighted by molar-refractivity contribution is 5.31. The summed E-state index contributed by atoms with van der Waals surface area (Å²) in [6.45, 7) is 0.153. The van der Waals surface area contributed by atoms with Gasteiger partial charge in [-0.15, -0.1) is 0 Å². The Balaban J connectivity index is 1.56. The Morgan fingerprint density at radius 2 is 1.26 bits per heavy atom. The van der Waals surface area contributed by atoms with Crippen LogP contribution in [0.4, 0.5) is 0 Å². The first-order chi connectivity index (χ1) is 16.7. The molecule has 2 N–H and O–H groups in total. The van der Waals surface area contributed by atoms with E-state index in [0.717, 1.165) is 11.1 Å².